The molecule has 0 fully saturated rings. The zero-order valence-corrected chi connectivity index (χ0v) is 21.5. The topological polar surface area (TPSA) is 84.5 Å². The number of rotatable bonds is 7. The van der Waals surface area contributed by atoms with E-state index in [9.17, 15) is 13.2 Å². The number of carbonyl (C=O) groups excluding carboxylic acids is 1. The lowest BCUT2D eigenvalue weighted by atomic mass is 9.83. The minimum Gasteiger partial charge on any atom is -0.487 e. The average Bonchev–Trinajstić information content (AvgIpc) is 2.83. The minimum absolute atomic E-state index is 0.0362. The van der Waals surface area contributed by atoms with Crippen LogP contribution in [0.4, 0.5) is 5.69 Å². The van der Waals surface area contributed by atoms with Crippen LogP contribution < -0.4 is 14.8 Å². The Kier molecular flexibility index (Phi) is 7.10. The van der Waals surface area contributed by atoms with Crippen LogP contribution in [0.15, 0.2) is 71.6 Å². The van der Waals surface area contributed by atoms with E-state index < -0.39 is 10.0 Å². The van der Waals surface area contributed by atoms with Gasteiger partial charge in [0.2, 0.25) is 0 Å². The van der Waals surface area contributed by atoms with Gasteiger partial charge in [0.05, 0.1) is 11.1 Å². The van der Waals surface area contributed by atoms with Gasteiger partial charge in [0.15, 0.2) is 0 Å². The summed E-state index contributed by atoms with van der Waals surface area (Å²) in [6, 6.07) is 18.7. The van der Waals surface area contributed by atoms with Crippen molar-refractivity contribution in [2.75, 3.05) is 4.72 Å². The molecule has 1 aliphatic heterocycles. The molecule has 4 rings (SSSR count). The van der Waals surface area contributed by atoms with Crippen molar-refractivity contribution < 1.29 is 17.9 Å². The number of anilines is 1. The molecule has 1 amide bonds. The number of ether oxygens (including phenoxy) is 1. The van der Waals surface area contributed by atoms with Gasteiger partial charge in [0.25, 0.3) is 15.9 Å². The predicted octanol–water partition coefficient (Wildman–Crippen LogP) is 6.26. The Morgan fingerprint density at radius 3 is 2.51 bits per heavy atom. The molecule has 35 heavy (non-hydrogen) atoms. The summed E-state index contributed by atoms with van der Waals surface area (Å²) in [4.78, 5) is 13.1. The lowest BCUT2D eigenvalue weighted by molar-refractivity contribution is 0.0227. The molecule has 3 aromatic rings. The molecule has 0 saturated heterocycles. The Balaban J connectivity index is 1.62. The molecule has 3 aromatic carbocycles. The molecule has 1 atom stereocenters. The number of sulfonamides is 1. The highest BCUT2D eigenvalue weighted by molar-refractivity contribution is 7.92. The highest BCUT2D eigenvalue weighted by Gasteiger charge is 2.39. The van der Waals surface area contributed by atoms with E-state index in [-0.39, 0.29) is 33.0 Å². The third-order valence-corrected chi connectivity index (χ3v) is 8.41. The Morgan fingerprint density at radius 1 is 1.06 bits per heavy atom. The molecule has 0 radical (unpaired) electrons. The van der Waals surface area contributed by atoms with Crippen LogP contribution in [0.2, 0.25) is 5.02 Å². The van der Waals surface area contributed by atoms with Crippen LogP contribution in [0.3, 0.4) is 0 Å². The summed E-state index contributed by atoms with van der Waals surface area (Å²) in [7, 11) is -4.01. The molecule has 0 aliphatic carbocycles. The van der Waals surface area contributed by atoms with Gasteiger partial charge in [-0.2, -0.15) is 0 Å². The summed E-state index contributed by atoms with van der Waals surface area (Å²) in [5.74, 6) is 0.381. The summed E-state index contributed by atoms with van der Waals surface area (Å²) in [5.41, 5.74) is 2.07. The number of fused-ring (bicyclic) bond motifs is 1. The van der Waals surface area contributed by atoms with Crippen LogP contribution in [-0.2, 0) is 10.0 Å². The van der Waals surface area contributed by atoms with Crippen LogP contribution >= 0.6 is 11.6 Å². The number of benzene rings is 3. The molecule has 184 valence electrons. The molecule has 0 aromatic heterocycles. The normalized spacial score (nSPS) is 16.6. The molecular weight excluding hydrogens is 484 g/mol. The molecule has 0 bridgehead atoms. The highest BCUT2D eigenvalue weighted by atomic mass is 35.5. The number of halogens is 1. The number of nitrogens with one attached hydrogen (secondary N) is 2. The monoisotopic (exact) mass is 512 g/mol. The second kappa shape index (κ2) is 9.91. The summed E-state index contributed by atoms with van der Waals surface area (Å²) < 4.78 is 35.0. The molecular formula is C27H29ClN2O4S. The minimum atomic E-state index is -4.01. The fraction of sp³-hybridized carbons (Fsp3) is 0.296. The number of amides is 1. The molecule has 0 unspecified atom stereocenters. The van der Waals surface area contributed by atoms with Crippen LogP contribution in [0.1, 0.15) is 60.6 Å². The van der Waals surface area contributed by atoms with E-state index in [1.165, 1.54) is 18.2 Å². The van der Waals surface area contributed by atoms with E-state index in [4.69, 9.17) is 16.3 Å². The smallest absolute Gasteiger partial charge is 0.263 e. The van der Waals surface area contributed by atoms with Gasteiger partial charge in [-0.3, -0.25) is 9.52 Å². The van der Waals surface area contributed by atoms with Crippen molar-refractivity contribution in [2.45, 2.75) is 56.6 Å². The first-order valence-corrected chi connectivity index (χ1v) is 13.5. The van der Waals surface area contributed by atoms with E-state index in [1.54, 1.807) is 18.2 Å². The molecule has 8 heteroatoms. The maximum atomic E-state index is 13.3. The van der Waals surface area contributed by atoms with E-state index in [0.717, 1.165) is 29.7 Å². The van der Waals surface area contributed by atoms with E-state index in [2.05, 4.69) is 23.9 Å². The molecule has 0 saturated carbocycles. The Hall–Kier alpha value is -3.03. The number of hydrogen-bond donors (Lipinski definition) is 2. The second-order valence-electron chi connectivity index (χ2n) is 8.88. The van der Waals surface area contributed by atoms with Crippen molar-refractivity contribution in [3.05, 3.63) is 88.4 Å². The fourth-order valence-corrected chi connectivity index (χ4v) is 6.02. The maximum absolute atomic E-state index is 13.3. The molecule has 1 aliphatic rings. The third-order valence-electron chi connectivity index (χ3n) is 6.54. The first-order valence-electron chi connectivity index (χ1n) is 11.6. The van der Waals surface area contributed by atoms with Gasteiger partial charge in [-0.05, 0) is 61.7 Å². The van der Waals surface area contributed by atoms with Gasteiger partial charge in [-0.25, -0.2) is 8.42 Å². The molecule has 0 spiro atoms. The molecule has 1 heterocycles. The molecule has 2 N–H and O–H groups in total. The lowest BCUT2D eigenvalue weighted by Crippen LogP contribution is -2.44. The standard InChI is InChI=1S/C27H29ClN2O4S/c1-4-27(5-2)17-23(21-11-6-7-12-24(21)34-27)29-26(31)19-13-14-22(28)25(16-19)35(32,33)30-20-10-8-9-18(3)15-20/h6-16,23,30H,4-5,17H2,1-3H3,(H,29,31)/t23-/m1/s1. The number of carbonyl (C=O) groups is 1. The van der Waals surface area contributed by atoms with Gasteiger partial charge in [-0.1, -0.05) is 55.8 Å². The van der Waals surface area contributed by atoms with Crippen LogP contribution in [0, 0.1) is 6.92 Å². The Morgan fingerprint density at radius 2 is 1.80 bits per heavy atom. The van der Waals surface area contributed by atoms with Crippen molar-refractivity contribution in [1.29, 1.82) is 0 Å². The van der Waals surface area contributed by atoms with Gasteiger partial charge < -0.3 is 10.1 Å². The number of hydrogen-bond acceptors (Lipinski definition) is 4. The summed E-state index contributed by atoms with van der Waals surface area (Å²) in [6.07, 6.45) is 2.23. The zero-order chi connectivity index (χ0) is 25.2. The van der Waals surface area contributed by atoms with Crippen LogP contribution in [-0.4, -0.2) is 19.9 Å². The van der Waals surface area contributed by atoms with E-state index >= 15 is 0 Å². The first-order chi connectivity index (χ1) is 16.7. The maximum Gasteiger partial charge on any atom is 0.263 e. The van der Waals surface area contributed by atoms with Crippen molar-refractivity contribution in [1.82, 2.24) is 5.32 Å². The summed E-state index contributed by atoms with van der Waals surface area (Å²) in [6.45, 7) is 6.03. The summed E-state index contributed by atoms with van der Waals surface area (Å²) >= 11 is 6.25. The predicted molar refractivity (Wildman–Crippen MR) is 139 cm³/mol. The van der Waals surface area contributed by atoms with Gasteiger partial charge in [-0.15, -0.1) is 0 Å². The third kappa shape index (κ3) is 5.31. The van der Waals surface area contributed by atoms with Crippen LogP contribution in [0.5, 0.6) is 5.75 Å². The second-order valence-corrected chi connectivity index (χ2v) is 10.9. The SMILES string of the molecule is CCC1(CC)C[C@@H](NC(=O)c2ccc(Cl)c(S(=O)(=O)Nc3cccc(C)c3)c2)c2ccccc2O1. The van der Waals surface area contributed by atoms with E-state index in [1.807, 2.05) is 37.3 Å². The highest BCUT2D eigenvalue weighted by Crippen LogP contribution is 2.42. The average molecular weight is 513 g/mol. The number of aryl methyl sites for hydroxylation is 1. The lowest BCUT2D eigenvalue weighted by Gasteiger charge is -2.41. The van der Waals surface area contributed by atoms with Gasteiger partial charge in [0, 0.05) is 23.2 Å². The van der Waals surface area contributed by atoms with Gasteiger partial charge in [0.1, 0.15) is 16.2 Å². The van der Waals surface area contributed by atoms with E-state index in [0.29, 0.717) is 12.1 Å². The zero-order valence-electron chi connectivity index (χ0n) is 20.0. The Bertz CT molecular complexity index is 1350. The largest absolute Gasteiger partial charge is 0.487 e. The number of para-hydroxylation sites is 1. The van der Waals surface area contributed by atoms with Crippen molar-refractivity contribution >= 4 is 33.2 Å². The molecule has 6 nitrogen and oxygen atoms in total. The quantitative estimate of drug-likeness (QED) is 0.391. The summed E-state index contributed by atoms with van der Waals surface area (Å²) in [5, 5.41) is 3.13. The van der Waals surface area contributed by atoms with Crippen molar-refractivity contribution in [3.63, 3.8) is 0 Å². The van der Waals surface area contributed by atoms with Gasteiger partial charge >= 0.3 is 0 Å². The fourth-order valence-electron chi connectivity index (χ4n) is 4.44. The first kappa shape index (κ1) is 25.1. The Labute approximate surface area is 211 Å². The van der Waals surface area contributed by atoms with Crippen molar-refractivity contribution in [2.24, 2.45) is 0 Å². The van der Waals surface area contributed by atoms with Crippen LogP contribution in [0.25, 0.3) is 0 Å². The van der Waals surface area contributed by atoms with Crippen molar-refractivity contribution in [3.8, 4) is 5.75 Å².